The van der Waals surface area contributed by atoms with Crippen molar-refractivity contribution in [3.63, 3.8) is 0 Å². The van der Waals surface area contributed by atoms with Gasteiger partial charge >= 0.3 is 5.97 Å². The van der Waals surface area contributed by atoms with E-state index in [2.05, 4.69) is 4.90 Å². The number of halogens is 2. The zero-order chi connectivity index (χ0) is 15.7. The van der Waals surface area contributed by atoms with Crippen LogP contribution >= 0.6 is 0 Å². The van der Waals surface area contributed by atoms with Gasteiger partial charge in [-0.1, -0.05) is 12.1 Å². The highest BCUT2D eigenvalue weighted by Crippen LogP contribution is 2.47. The number of hydrogen-bond acceptors (Lipinski definition) is 3. The Hall–Kier alpha value is -1.49. The third kappa shape index (κ3) is 2.62. The molecule has 5 heteroatoms. The molecule has 0 amide bonds. The smallest absolute Gasteiger partial charge is 0.310 e. The Kier molecular flexibility index (Phi) is 4.43. The summed E-state index contributed by atoms with van der Waals surface area (Å²) >= 11 is 0. The Morgan fingerprint density at radius 3 is 2.68 bits per heavy atom. The molecule has 0 unspecified atom stereocenters. The second-order valence-corrected chi connectivity index (χ2v) is 6.17. The first kappa shape index (κ1) is 15.4. The Morgan fingerprint density at radius 1 is 1.32 bits per heavy atom. The molecule has 1 aromatic carbocycles. The van der Waals surface area contributed by atoms with E-state index in [0.29, 0.717) is 12.6 Å². The van der Waals surface area contributed by atoms with Crippen molar-refractivity contribution in [1.29, 1.82) is 0 Å². The van der Waals surface area contributed by atoms with Crippen LogP contribution in [0.5, 0.6) is 0 Å². The number of carbonyl (C=O) groups is 1. The van der Waals surface area contributed by atoms with Gasteiger partial charge in [0.15, 0.2) is 0 Å². The number of hydrogen-bond donors (Lipinski definition) is 0. The predicted molar refractivity (Wildman–Crippen MR) is 78.8 cm³/mol. The molecule has 0 aliphatic carbocycles. The van der Waals surface area contributed by atoms with Gasteiger partial charge in [-0.15, -0.1) is 0 Å². The number of ether oxygens (including phenoxy) is 1. The topological polar surface area (TPSA) is 29.5 Å². The molecule has 2 saturated heterocycles. The lowest BCUT2D eigenvalue weighted by Crippen LogP contribution is -2.51. The van der Waals surface area contributed by atoms with Crippen molar-refractivity contribution in [2.45, 2.75) is 37.3 Å². The molecular formula is C17H21F2NO2. The molecule has 2 aliphatic rings. The molecule has 2 heterocycles. The van der Waals surface area contributed by atoms with Crippen LogP contribution in [0.15, 0.2) is 24.3 Å². The zero-order valence-electron chi connectivity index (χ0n) is 12.7. The summed E-state index contributed by atoms with van der Waals surface area (Å²) < 4.78 is 31.0. The number of carbonyl (C=O) groups excluding carboxylic acids is 1. The molecule has 3 nitrogen and oxygen atoms in total. The van der Waals surface area contributed by atoms with E-state index in [0.717, 1.165) is 24.8 Å². The molecule has 3 rings (SSSR count). The average molecular weight is 309 g/mol. The quantitative estimate of drug-likeness (QED) is 0.801. The molecule has 2 fully saturated rings. The number of rotatable bonds is 4. The summed E-state index contributed by atoms with van der Waals surface area (Å²) in [5.41, 5.74) is 0.966. The highest BCUT2D eigenvalue weighted by atomic mass is 19.1. The number of nitrogens with zero attached hydrogens (tertiary/aromatic N) is 1. The number of esters is 1. The molecule has 4 atom stereocenters. The standard InChI is InChI=1S/C17H21F2NO2/c1-22-17(21)16-14(11-2-4-12(19)5-3-11)10-13-6-7-15(16)20(13)9-8-18/h2-5,13-16H,6-10H2,1H3/t13-,14+,15+,16-/m0/s1. The van der Waals surface area contributed by atoms with Crippen LogP contribution in [0, 0.1) is 11.7 Å². The van der Waals surface area contributed by atoms with Gasteiger partial charge < -0.3 is 4.74 Å². The first-order valence-corrected chi connectivity index (χ1v) is 7.80. The lowest BCUT2D eigenvalue weighted by molar-refractivity contribution is -0.150. The van der Waals surface area contributed by atoms with Gasteiger partial charge in [0.2, 0.25) is 0 Å². The summed E-state index contributed by atoms with van der Waals surface area (Å²) in [7, 11) is 1.39. The van der Waals surface area contributed by atoms with E-state index in [-0.39, 0.29) is 29.7 Å². The van der Waals surface area contributed by atoms with Crippen LogP contribution in [0.4, 0.5) is 8.78 Å². The molecule has 2 bridgehead atoms. The summed E-state index contributed by atoms with van der Waals surface area (Å²) in [4.78, 5) is 14.5. The predicted octanol–water partition coefficient (Wildman–Crippen LogP) is 2.90. The van der Waals surface area contributed by atoms with Crippen LogP contribution in [0.2, 0.25) is 0 Å². The fourth-order valence-corrected chi connectivity index (χ4v) is 4.27. The maximum absolute atomic E-state index is 13.2. The SMILES string of the molecule is COC(=O)[C@H]1[C@@H](c2ccc(F)cc2)C[C@@H]2CC[C@H]1N2CCF. The van der Waals surface area contributed by atoms with Gasteiger partial charge in [-0.25, -0.2) is 8.78 Å². The second kappa shape index (κ2) is 6.32. The fourth-order valence-electron chi connectivity index (χ4n) is 4.27. The van der Waals surface area contributed by atoms with Gasteiger partial charge in [-0.2, -0.15) is 0 Å². The fraction of sp³-hybridized carbons (Fsp3) is 0.588. The van der Waals surface area contributed by atoms with Crippen LogP contribution in [-0.4, -0.2) is 43.3 Å². The highest BCUT2D eigenvalue weighted by molar-refractivity contribution is 5.75. The summed E-state index contributed by atoms with van der Waals surface area (Å²) in [6, 6.07) is 6.69. The van der Waals surface area contributed by atoms with E-state index in [1.165, 1.54) is 19.2 Å². The molecule has 0 saturated carbocycles. The van der Waals surface area contributed by atoms with Crippen LogP contribution < -0.4 is 0 Å². The van der Waals surface area contributed by atoms with Crippen molar-refractivity contribution in [2.75, 3.05) is 20.3 Å². The molecule has 0 N–H and O–H groups in total. The molecule has 22 heavy (non-hydrogen) atoms. The number of fused-ring (bicyclic) bond motifs is 2. The van der Waals surface area contributed by atoms with Crippen molar-refractivity contribution in [3.05, 3.63) is 35.6 Å². The summed E-state index contributed by atoms with van der Waals surface area (Å²) in [6.07, 6.45) is 2.67. The van der Waals surface area contributed by atoms with Crippen LogP contribution in [0.1, 0.15) is 30.7 Å². The summed E-state index contributed by atoms with van der Waals surface area (Å²) in [5.74, 6) is -0.818. The molecule has 120 valence electrons. The number of alkyl halides is 1. The average Bonchev–Trinajstić information content (AvgIpc) is 2.80. The minimum Gasteiger partial charge on any atom is -0.469 e. The Labute approximate surface area is 129 Å². The Bertz CT molecular complexity index is 534. The molecule has 0 radical (unpaired) electrons. The van der Waals surface area contributed by atoms with Crippen LogP contribution in [0.25, 0.3) is 0 Å². The molecular weight excluding hydrogens is 288 g/mol. The molecule has 0 aromatic heterocycles. The lowest BCUT2D eigenvalue weighted by Gasteiger charge is -2.43. The minimum atomic E-state index is -0.401. The Morgan fingerprint density at radius 2 is 2.05 bits per heavy atom. The van der Waals surface area contributed by atoms with Crippen molar-refractivity contribution >= 4 is 5.97 Å². The summed E-state index contributed by atoms with van der Waals surface area (Å²) in [6.45, 7) is -0.0267. The summed E-state index contributed by atoms with van der Waals surface area (Å²) in [5, 5.41) is 0. The van der Waals surface area contributed by atoms with Crippen LogP contribution in [-0.2, 0) is 9.53 Å². The first-order chi connectivity index (χ1) is 10.7. The maximum atomic E-state index is 13.2. The Balaban J connectivity index is 1.92. The lowest BCUT2D eigenvalue weighted by atomic mass is 9.76. The number of methoxy groups -OCH3 is 1. The number of piperidine rings is 1. The van der Waals surface area contributed by atoms with Crippen molar-refractivity contribution in [2.24, 2.45) is 5.92 Å². The van der Waals surface area contributed by atoms with E-state index in [4.69, 9.17) is 4.74 Å². The highest BCUT2D eigenvalue weighted by Gasteiger charge is 2.50. The van der Waals surface area contributed by atoms with Gasteiger partial charge in [0, 0.05) is 24.5 Å². The van der Waals surface area contributed by atoms with Crippen molar-refractivity contribution in [1.82, 2.24) is 4.90 Å². The minimum absolute atomic E-state index is 0.0152. The van der Waals surface area contributed by atoms with Gasteiger partial charge in [0.1, 0.15) is 12.5 Å². The monoisotopic (exact) mass is 309 g/mol. The van der Waals surface area contributed by atoms with E-state index >= 15 is 0 Å². The molecule has 1 aromatic rings. The van der Waals surface area contributed by atoms with E-state index < -0.39 is 6.67 Å². The third-order valence-electron chi connectivity index (χ3n) is 5.18. The van der Waals surface area contributed by atoms with Crippen molar-refractivity contribution in [3.8, 4) is 0 Å². The maximum Gasteiger partial charge on any atom is 0.310 e. The van der Waals surface area contributed by atoms with Gasteiger partial charge in [0.25, 0.3) is 0 Å². The van der Waals surface area contributed by atoms with E-state index in [1.54, 1.807) is 12.1 Å². The molecule has 2 aliphatic heterocycles. The normalized spacial score (nSPS) is 31.2. The van der Waals surface area contributed by atoms with Crippen molar-refractivity contribution < 1.29 is 18.3 Å². The van der Waals surface area contributed by atoms with Gasteiger partial charge in [-0.05, 0) is 37.0 Å². The largest absolute Gasteiger partial charge is 0.469 e. The molecule has 0 spiro atoms. The van der Waals surface area contributed by atoms with E-state index in [9.17, 15) is 13.6 Å². The van der Waals surface area contributed by atoms with Crippen LogP contribution in [0.3, 0.4) is 0 Å². The van der Waals surface area contributed by atoms with Gasteiger partial charge in [-0.3, -0.25) is 9.69 Å². The number of benzene rings is 1. The van der Waals surface area contributed by atoms with Gasteiger partial charge in [0.05, 0.1) is 13.0 Å². The third-order valence-corrected chi connectivity index (χ3v) is 5.18. The van der Waals surface area contributed by atoms with E-state index in [1.807, 2.05) is 0 Å². The second-order valence-electron chi connectivity index (χ2n) is 6.17. The first-order valence-electron chi connectivity index (χ1n) is 7.80. The zero-order valence-corrected chi connectivity index (χ0v) is 12.7.